The van der Waals surface area contributed by atoms with Crippen molar-refractivity contribution in [2.75, 3.05) is 0 Å². The molecule has 0 saturated heterocycles. The van der Waals surface area contributed by atoms with E-state index in [4.69, 9.17) is 0 Å². The van der Waals surface area contributed by atoms with Gasteiger partial charge < -0.3 is 5.11 Å². The summed E-state index contributed by atoms with van der Waals surface area (Å²) in [6, 6.07) is 4.30. The Bertz CT molecular complexity index is 765. The van der Waals surface area contributed by atoms with Gasteiger partial charge in [0.25, 0.3) is 0 Å². The average molecular weight is 468 g/mol. The summed E-state index contributed by atoms with van der Waals surface area (Å²) in [5.74, 6) is -37.4. The zero-order chi connectivity index (χ0) is 24.2. The number of halogens is 13. The van der Waals surface area contributed by atoms with E-state index in [-0.39, 0.29) is 5.56 Å². The van der Waals surface area contributed by atoms with E-state index in [1.165, 1.54) is 13.0 Å². The van der Waals surface area contributed by atoms with E-state index in [2.05, 4.69) is 0 Å². The summed E-state index contributed by atoms with van der Waals surface area (Å²) in [5, 5.41) is 9.99. The van der Waals surface area contributed by atoms with Crippen molar-refractivity contribution in [1.82, 2.24) is 0 Å². The molecule has 0 heterocycles. The topological polar surface area (TPSA) is 20.2 Å². The molecular formula is C16H13F13O. The van der Waals surface area contributed by atoms with Crippen molar-refractivity contribution in [1.29, 1.82) is 0 Å². The molecule has 0 saturated carbocycles. The number of hydrogen-bond acceptors (Lipinski definition) is 1. The minimum absolute atomic E-state index is 0.268. The quantitative estimate of drug-likeness (QED) is 0.464. The van der Waals surface area contributed by atoms with Crippen molar-refractivity contribution in [3.63, 3.8) is 0 Å². The Morgan fingerprint density at radius 2 is 1.13 bits per heavy atom. The first kappa shape index (κ1) is 26.3. The minimum Gasteiger partial charge on any atom is -0.385 e. The van der Waals surface area contributed by atoms with Gasteiger partial charge in [0.2, 0.25) is 0 Å². The van der Waals surface area contributed by atoms with Crippen LogP contribution in [0.1, 0.15) is 24.5 Å². The maximum Gasteiger partial charge on any atom is 0.460 e. The lowest BCUT2D eigenvalue weighted by Gasteiger charge is -2.41. The molecule has 1 unspecified atom stereocenters. The fraction of sp³-hybridized carbons (Fsp3) is 0.625. The van der Waals surface area contributed by atoms with Crippen molar-refractivity contribution < 1.29 is 62.2 Å². The van der Waals surface area contributed by atoms with Crippen LogP contribution >= 0.6 is 0 Å². The van der Waals surface area contributed by atoms with Gasteiger partial charge >= 0.3 is 35.8 Å². The van der Waals surface area contributed by atoms with E-state index < -0.39 is 53.4 Å². The van der Waals surface area contributed by atoms with Gasteiger partial charge in [-0.1, -0.05) is 29.8 Å². The monoisotopic (exact) mass is 468 g/mol. The Morgan fingerprint density at radius 1 is 0.700 bits per heavy atom. The molecule has 1 N–H and O–H groups in total. The third kappa shape index (κ3) is 3.94. The van der Waals surface area contributed by atoms with Gasteiger partial charge in [-0.3, -0.25) is 0 Å². The van der Waals surface area contributed by atoms with Crippen LogP contribution in [0.15, 0.2) is 24.3 Å². The molecule has 14 heteroatoms. The van der Waals surface area contributed by atoms with Gasteiger partial charge in [-0.15, -0.1) is 0 Å². The molecule has 1 rings (SSSR count). The third-order valence-corrected chi connectivity index (χ3v) is 4.20. The van der Waals surface area contributed by atoms with Gasteiger partial charge in [0.05, 0.1) is 12.0 Å². The number of aliphatic hydroxyl groups is 1. The lowest BCUT2D eigenvalue weighted by Crippen LogP contribution is -2.70. The summed E-state index contributed by atoms with van der Waals surface area (Å²) in [4.78, 5) is 0. The van der Waals surface area contributed by atoms with Crippen LogP contribution in [0.25, 0.3) is 0 Å². The van der Waals surface area contributed by atoms with Crippen LogP contribution in [-0.2, 0) is 5.60 Å². The number of alkyl halides is 13. The normalized spacial score (nSPS) is 17.1. The summed E-state index contributed by atoms with van der Waals surface area (Å²) < 4.78 is 170. The molecule has 0 fully saturated rings. The molecule has 1 aromatic carbocycles. The number of benzene rings is 1. The second-order valence-electron chi connectivity index (χ2n) is 6.82. The van der Waals surface area contributed by atoms with Crippen molar-refractivity contribution in [2.24, 2.45) is 0 Å². The van der Waals surface area contributed by atoms with Crippen molar-refractivity contribution in [2.45, 2.75) is 61.7 Å². The standard InChI is InChI=1S/C16H13F13O/c1-8-4-3-5-9(6-8)10(2,30)7-11(17,18)12(19,20)13(21,22)14(23,24)15(25,26)16(27,28)29/h3-6,30H,7H2,1-2H3. The first-order chi connectivity index (χ1) is 13.0. The molecule has 0 amide bonds. The first-order valence-electron chi connectivity index (χ1n) is 7.71. The second kappa shape index (κ2) is 7.16. The van der Waals surface area contributed by atoms with Gasteiger partial charge in [-0.25, -0.2) is 0 Å². The molecule has 0 aromatic heterocycles. The smallest absolute Gasteiger partial charge is 0.385 e. The molecule has 0 aliphatic carbocycles. The Balaban J connectivity index is 3.45. The van der Waals surface area contributed by atoms with Gasteiger partial charge in [0, 0.05) is 0 Å². The largest absolute Gasteiger partial charge is 0.460 e. The van der Waals surface area contributed by atoms with Crippen LogP contribution in [0.4, 0.5) is 57.1 Å². The van der Waals surface area contributed by atoms with Gasteiger partial charge in [-0.2, -0.15) is 57.1 Å². The Kier molecular flexibility index (Phi) is 6.28. The van der Waals surface area contributed by atoms with Gasteiger partial charge in [0.1, 0.15) is 0 Å². The first-order valence-corrected chi connectivity index (χ1v) is 7.71. The predicted molar refractivity (Wildman–Crippen MR) is 76.2 cm³/mol. The van der Waals surface area contributed by atoms with Crippen LogP contribution in [0.2, 0.25) is 0 Å². The molecule has 30 heavy (non-hydrogen) atoms. The number of aryl methyl sites for hydroxylation is 1. The summed E-state index contributed by atoms with van der Waals surface area (Å²) in [5.41, 5.74) is -3.38. The fourth-order valence-corrected chi connectivity index (χ4v) is 2.43. The third-order valence-electron chi connectivity index (χ3n) is 4.20. The lowest BCUT2D eigenvalue weighted by molar-refractivity contribution is -0.441. The molecule has 0 bridgehead atoms. The number of rotatable bonds is 7. The fourth-order valence-electron chi connectivity index (χ4n) is 2.43. The van der Waals surface area contributed by atoms with E-state index in [1.807, 2.05) is 0 Å². The lowest BCUT2D eigenvalue weighted by atomic mass is 9.84. The summed E-state index contributed by atoms with van der Waals surface area (Å²) in [6.45, 7) is 1.76. The molecular weight excluding hydrogens is 455 g/mol. The van der Waals surface area contributed by atoms with Crippen LogP contribution in [-0.4, -0.2) is 40.9 Å². The van der Waals surface area contributed by atoms with Crippen LogP contribution in [0, 0.1) is 6.92 Å². The molecule has 174 valence electrons. The Hall–Kier alpha value is -1.73. The molecule has 1 aromatic rings. The highest BCUT2D eigenvalue weighted by molar-refractivity contribution is 5.27. The average Bonchev–Trinajstić information content (AvgIpc) is 2.52. The molecule has 0 aliphatic rings. The van der Waals surface area contributed by atoms with Crippen molar-refractivity contribution in [3.05, 3.63) is 35.4 Å². The maximum atomic E-state index is 13.9. The van der Waals surface area contributed by atoms with Crippen LogP contribution in [0.3, 0.4) is 0 Å². The van der Waals surface area contributed by atoms with Crippen molar-refractivity contribution >= 4 is 0 Å². The predicted octanol–water partition coefficient (Wildman–Crippen LogP) is 6.33. The zero-order valence-corrected chi connectivity index (χ0v) is 14.9. The Labute approximate surface area is 160 Å². The zero-order valence-electron chi connectivity index (χ0n) is 14.9. The van der Waals surface area contributed by atoms with Crippen LogP contribution < -0.4 is 0 Å². The van der Waals surface area contributed by atoms with Crippen molar-refractivity contribution in [3.8, 4) is 0 Å². The Morgan fingerprint density at radius 3 is 1.53 bits per heavy atom. The van der Waals surface area contributed by atoms with Gasteiger partial charge in [0.15, 0.2) is 0 Å². The molecule has 0 aliphatic heterocycles. The van der Waals surface area contributed by atoms with Gasteiger partial charge in [-0.05, 0) is 19.4 Å². The summed E-state index contributed by atoms with van der Waals surface area (Å²) in [6.07, 6.45) is -10.2. The summed E-state index contributed by atoms with van der Waals surface area (Å²) >= 11 is 0. The SMILES string of the molecule is Cc1cccc(C(C)(O)CC(F)(F)C(F)(F)C(F)(F)C(F)(F)C(F)(F)C(F)(F)F)c1. The van der Waals surface area contributed by atoms with E-state index >= 15 is 0 Å². The van der Waals surface area contributed by atoms with E-state index in [9.17, 15) is 62.2 Å². The maximum absolute atomic E-state index is 13.9. The summed E-state index contributed by atoms with van der Waals surface area (Å²) in [7, 11) is 0. The molecule has 1 atom stereocenters. The highest BCUT2D eigenvalue weighted by Gasteiger charge is 2.90. The second-order valence-corrected chi connectivity index (χ2v) is 6.82. The highest BCUT2D eigenvalue weighted by atomic mass is 19.4. The van der Waals surface area contributed by atoms with E-state index in [0.717, 1.165) is 18.2 Å². The number of hydrogen-bond donors (Lipinski definition) is 1. The molecule has 0 radical (unpaired) electrons. The van der Waals surface area contributed by atoms with E-state index in [1.54, 1.807) is 0 Å². The molecule has 1 nitrogen and oxygen atoms in total. The van der Waals surface area contributed by atoms with Crippen LogP contribution in [0.5, 0.6) is 0 Å². The highest BCUT2D eigenvalue weighted by Crippen LogP contribution is 2.61. The minimum atomic E-state index is -7.96. The van der Waals surface area contributed by atoms with E-state index in [0.29, 0.717) is 6.92 Å². The molecule has 0 spiro atoms.